The van der Waals surface area contributed by atoms with E-state index in [4.69, 9.17) is 23.4 Å². The predicted octanol–water partition coefficient (Wildman–Crippen LogP) is 4.52. The third-order valence-electron chi connectivity index (χ3n) is 4.23. The van der Waals surface area contributed by atoms with E-state index in [1.54, 1.807) is 30.3 Å². The molecule has 148 valence electrons. The fraction of sp³-hybridized carbons (Fsp3) is 0.318. The van der Waals surface area contributed by atoms with Crippen LogP contribution in [0.5, 0.6) is 23.0 Å². The number of hydrogen-bond acceptors (Lipinski definition) is 6. The van der Waals surface area contributed by atoms with E-state index in [9.17, 15) is 4.79 Å². The van der Waals surface area contributed by atoms with E-state index in [0.29, 0.717) is 57.8 Å². The fourth-order valence-corrected chi connectivity index (χ4v) is 2.85. The second kappa shape index (κ2) is 8.25. The van der Waals surface area contributed by atoms with Crippen LogP contribution in [0.15, 0.2) is 45.6 Å². The summed E-state index contributed by atoms with van der Waals surface area (Å²) >= 11 is 0. The molecule has 1 aromatic heterocycles. The van der Waals surface area contributed by atoms with E-state index in [2.05, 4.69) is 13.8 Å². The second-order valence-corrected chi connectivity index (χ2v) is 6.75. The number of hydrogen-bond donors (Lipinski definition) is 0. The van der Waals surface area contributed by atoms with Crippen LogP contribution in [0.2, 0.25) is 0 Å². The molecule has 0 saturated carbocycles. The van der Waals surface area contributed by atoms with E-state index < -0.39 is 0 Å². The molecule has 0 saturated heterocycles. The molecule has 0 fully saturated rings. The van der Waals surface area contributed by atoms with Crippen LogP contribution in [0, 0.1) is 5.92 Å². The molecule has 0 atom stereocenters. The molecule has 0 aliphatic heterocycles. The van der Waals surface area contributed by atoms with E-state index >= 15 is 0 Å². The van der Waals surface area contributed by atoms with Crippen molar-refractivity contribution in [1.29, 1.82) is 0 Å². The Kier molecular flexibility index (Phi) is 5.78. The van der Waals surface area contributed by atoms with Crippen molar-refractivity contribution in [2.45, 2.75) is 13.8 Å². The maximum atomic E-state index is 12.7. The average molecular weight is 384 g/mol. The molecule has 0 spiro atoms. The van der Waals surface area contributed by atoms with Crippen molar-refractivity contribution in [3.63, 3.8) is 0 Å². The maximum absolute atomic E-state index is 12.7. The predicted molar refractivity (Wildman–Crippen MR) is 108 cm³/mol. The molecule has 0 amide bonds. The first kappa shape index (κ1) is 19.6. The summed E-state index contributed by atoms with van der Waals surface area (Å²) in [6.45, 7) is 4.72. The summed E-state index contributed by atoms with van der Waals surface area (Å²) in [5.41, 5.74) is 0.974. The van der Waals surface area contributed by atoms with Gasteiger partial charge in [0.25, 0.3) is 0 Å². The zero-order valence-corrected chi connectivity index (χ0v) is 16.7. The summed E-state index contributed by atoms with van der Waals surface area (Å²) in [4.78, 5) is 12.7. The maximum Gasteiger partial charge on any atom is 0.203 e. The van der Waals surface area contributed by atoms with Gasteiger partial charge in [0, 0.05) is 11.6 Å². The van der Waals surface area contributed by atoms with E-state index in [-0.39, 0.29) is 5.43 Å². The highest BCUT2D eigenvalue weighted by Crippen LogP contribution is 2.41. The van der Waals surface area contributed by atoms with Crippen LogP contribution in [-0.2, 0) is 0 Å². The zero-order chi connectivity index (χ0) is 20.3. The van der Waals surface area contributed by atoms with Crippen LogP contribution in [0.25, 0.3) is 22.3 Å². The van der Waals surface area contributed by atoms with Gasteiger partial charge < -0.3 is 23.4 Å². The van der Waals surface area contributed by atoms with Gasteiger partial charge in [-0.1, -0.05) is 13.8 Å². The van der Waals surface area contributed by atoms with Gasteiger partial charge in [-0.05, 0) is 36.2 Å². The Morgan fingerprint density at radius 2 is 1.61 bits per heavy atom. The first-order chi connectivity index (χ1) is 13.5. The molecule has 3 aromatic rings. The molecule has 0 N–H and O–H groups in total. The Balaban J connectivity index is 2.07. The molecule has 1 heterocycles. The van der Waals surface area contributed by atoms with Gasteiger partial charge in [0.2, 0.25) is 5.75 Å². The second-order valence-electron chi connectivity index (χ2n) is 6.75. The highest BCUT2D eigenvalue weighted by atomic mass is 16.5. The van der Waals surface area contributed by atoms with Crippen LogP contribution in [0.3, 0.4) is 0 Å². The van der Waals surface area contributed by atoms with Crippen molar-refractivity contribution >= 4 is 11.0 Å². The minimum Gasteiger partial charge on any atom is -0.493 e. The molecular weight excluding hydrogens is 360 g/mol. The molecule has 3 rings (SSSR count). The largest absolute Gasteiger partial charge is 0.493 e. The summed E-state index contributed by atoms with van der Waals surface area (Å²) < 4.78 is 27.8. The van der Waals surface area contributed by atoms with Gasteiger partial charge in [-0.2, -0.15) is 0 Å². The quantitative estimate of drug-likeness (QED) is 0.597. The van der Waals surface area contributed by atoms with Crippen LogP contribution in [0.4, 0.5) is 0 Å². The highest BCUT2D eigenvalue weighted by molar-refractivity contribution is 5.80. The lowest BCUT2D eigenvalue weighted by Crippen LogP contribution is -2.06. The SMILES string of the molecule is COc1cc(-c2cc(=O)c3cc(OCC(C)C)ccc3o2)cc(OC)c1OC. The lowest BCUT2D eigenvalue weighted by molar-refractivity contribution is 0.271. The van der Waals surface area contributed by atoms with Crippen molar-refractivity contribution < 1.29 is 23.4 Å². The molecule has 28 heavy (non-hydrogen) atoms. The van der Waals surface area contributed by atoms with Gasteiger partial charge in [0.15, 0.2) is 16.9 Å². The molecule has 0 aliphatic carbocycles. The first-order valence-electron chi connectivity index (χ1n) is 8.98. The lowest BCUT2D eigenvalue weighted by atomic mass is 10.1. The van der Waals surface area contributed by atoms with Crippen LogP contribution < -0.4 is 24.4 Å². The Labute approximate surface area is 163 Å². The summed E-state index contributed by atoms with van der Waals surface area (Å²) in [7, 11) is 4.61. The number of fused-ring (bicyclic) bond motifs is 1. The van der Waals surface area contributed by atoms with Gasteiger partial charge in [0.05, 0.1) is 33.3 Å². The average Bonchev–Trinajstić information content (AvgIpc) is 2.70. The minimum absolute atomic E-state index is 0.153. The van der Waals surface area contributed by atoms with E-state index in [0.717, 1.165) is 0 Å². The van der Waals surface area contributed by atoms with Crippen molar-refractivity contribution in [1.82, 2.24) is 0 Å². The fourth-order valence-electron chi connectivity index (χ4n) is 2.85. The number of ether oxygens (including phenoxy) is 4. The summed E-state index contributed by atoms with van der Waals surface area (Å²) in [5, 5.41) is 0.470. The molecule has 6 heteroatoms. The van der Waals surface area contributed by atoms with Crippen LogP contribution in [0.1, 0.15) is 13.8 Å². The summed E-state index contributed by atoms with van der Waals surface area (Å²) in [6.07, 6.45) is 0. The Hall–Kier alpha value is -3.15. The summed E-state index contributed by atoms with van der Waals surface area (Å²) in [6, 6.07) is 10.2. The molecule has 0 bridgehead atoms. The zero-order valence-electron chi connectivity index (χ0n) is 16.7. The Morgan fingerprint density at radius 3 is 2.18 bits per heavy atom. The number of rotatable bonds is 7. The molecule has 2 aromatic carbocycles. The van der Waals surface area contributed by atoms with Crippen molar-refractivity contribution in [3.8, 4) is 34.3 Å². The van der Waals surface area contributed by atoms with Gasteiger partial charge in [0.1, 0.15) is 17.1 Å². The van der Waals surface area contributed by atoms with Crippen molar-refractivity contribution in [2.75, 3.05) is 27.9 Å². The number of methoxy groups -OCH3 is 3. The highest BCUT2D eigenvalue weighted by Gasteiger charge is 2.16. The minimum atomic E-state index is -0.153. The van der Waals surface area contributed by atoms with Crippen LogP contribution >= 0.6 is 0 Å². The third-order valence-corrected chi connectivity index (χ3v) is 4.23. The van der Waals surface area contributed by atoms with Gasteiger partial charge in [-0.25, -0.2) is 0 Å². The van der Waals surface area contributed by atoms with Crippen molar-refractivity contribution in [2.24, 2.45) is 5.92 Å². The summed E-state index contributed by atoms with van der Waals surface area (Å²) in [5.74, 6) is 2.90. The Morgan fingerprint density at radius 1 is 0.929 bits per heavy atom. The first-order valence-corrected chi connectivity index (χ1v) is 8.98. The molecular formula is C22H24O6. The standard InChI is InChI=1S/C22H24O6/c1-13(2)12-27-15-6-7-18-16(10-15)17(23)11-19(28-18)14-8-20(24-3)22(26-5)21(9-14)25-4/h6-11,13H,12H2,1-5H3. The molecule has 0 aliphatic rings. The third kappa shape index (κ3) is 3.91. The molecule has 0 radical (unpaired) electrons. The smallest absolute Gasteiger partial charge is 0.203 e. The van der Waals surface area contributed by atoms with Gasteiger partial charge >= 0.3 is 0 Å². The lowest BCUT2D eigenvalue weighted by Gasteiger charge is -2.14. The topological polar surface area (TPSA) is 67.1 Å². The van der Waals surface area contributed by atoms with Crippen LogP contribution in [-0.4, -0.2) is 27.9 Å². The molecule has 6 nitrogen and oxygen atoms in total. The van der Waals surface area contributed by atoms with E-state index in [1.807, 2.05) is 0 Å². The van der Waals surface area contributed by atoms with E-state index in [1.165, 1.54) is 27.4 Å². The molecule has 0 unspecified atom stereocenters. The normalized spacial score (nSPS) is 10.9. The monoisotopic (exact) mass is 384 g/mol. The van der Waals surface area contributed by atoms with Gasteiger partial charge in [-0.3, -0.25) is 4.79 Å². The van der Waals surface area contributed by atoms with Crippen molar-refractivity contribution in [3.05, 3.63) is 46.6 Å². The van der Waals surface area contributed by atoms with Gasteiger partial charge in [-0.15, -0.1) is 0 Å². The number of benzene rings is 2. The Bertz CT molecular complexity index is 1010.